The van der Waals surface area contributed by atoms with Crippen LogP contribution in [0.2, 0.25) is 0 Å². The van der Waals surface area contributed by atoms with E-state index < -0.39 is 9.84 Å². The van der Waals surface area contributed by atoms with E-state index in [2.05, 4.69) is 36.5 Å². The molecule has 144 valence electrons. The normalized spacial score (nSPS) is 11.8. The molecule has 2 N–H and O–H groups in total. The molecule has 0 aliphatic carbocycles. The minimum Gasteiger partial charge on any atom is -0.444 e. The van der Waals surface area contributed by atoms with Crippen LogP contribution in [0.25, 0.3) is 0 Å². The number of nitrogens with one attached hydrogen (secondary N) is 2. The van der Waals surface area contributed by atoms with E-state index in [1.54, 1.807) is 31.3 Å². The monoisotopic (exact) mass is 556 g/mol. The molecule has 0 amide bonds. The summed E-state index contributed by atoms with van der Waals surface area (Å²) in [5, 5.41) is 6.02. The molecule has 26 heavy (non-hydrogen) atoms. The van der Waals surface area contributed by atoms with E-state index in [0.717, 1.165) is 15.9 Å². The molecule has 0 atom stereocenters. The summed E-state index contributed by atoms with van der Waals surface area (Å²) < 4.78 is 30.9. The molecular formula is C16H22BrIN4O3S. The van der Waals surface area contributed by atoms with Gasteiger partial charge in [0.25, 0.3) is 0 Å². The van der Waals surface area contributed by atoms with Crippen molar-refractivity contribution in [2.45, 2.75) is 25.3 Å². The van der Waals surface area contributed by atoms with Gasteiger partial charge in [0, 0.05) is 18.1 Å². The third-order valence-corrected chi connectivity index (χ3v) is 5.80. The van der Waals surface area contributed by atoms with Crippen LogP contribution in [0.15, 0.2) is 43.0 Å². The molecule has 0 aliphatic rings. The Bertz CT molecular complexity index is 831. The van der Waals surface area contributed by atoms with Crippen molar-refractivity contribution in [1.82, 2.24) is 15.6 Å². The van der Waals surface area contributed by atoms with Gasteiger partial charge >= 0.3 is 0 Å². The lowest BCUT2D eigenvalue weighted by Crippen LogP contribution is -2.39. The molecule has 0 unspecified atom stereocenters. The Kier molecular flexibility index (Phi) is 9.04. The number of aromatic nitrogens is 1. The van der Waals surface area contributed by atoms with E-state index in [9.17, 15) is 8.42 Å². The average Bonchev–Trinajstić information content (AvgIpc) is 2.89. The molecule has 0 radical (unpaired) electrons. The number of oxazole rings is 1. The first-order valence-corrected chi connectivity index (χ1v) is 10.1. The zero-order valence-electron chi connectivity index (χ0n) is 14.7. The van der Waals surface area contributed by atoms with Crippen LogP contribution in [0.4, 0.5) is 0 Å². The third kappa shape index (κ3) is 6.54. The molecule has 2 aromatic rings. The Morgan fingerprint density at radius 2 is 1.88 bits per heavy atom. The van der Waals surface area contributed by atoms with Crippen molar-refractivity contribution in [2.24, 2.45) is 4.99 Å². The molecule has 0 saturated carbocycles. The molecule has 10 heteroatoms. The minimum atomic E-state index is -3.35. The number of sulfone groups is 1. The van der Waals surface area contributed by atoms with Gasteiger partial charge in [-0.15, -0.1) is 24.0 Å². The lowest BCUT2D eigenvalue weighted by atomic mass is 10.4. The fourth-order valence-corrected chi connectivity index (χ4v) is 3.48. The number of halogens is 2. The van der Waals surface area contributed by atoms with Crippen molar-refractivity contribution in [1.29, 1.82) is 0 Å². The zero-order valence-corrected chi connectivity index (χ0v) is 19.5. The van der Waals surface area contributed by atoms with Gasteiger partial charge in [0.2, 0.25) is 5.89 Å². The summed E-state index contributed by atoms with van der Waals surface area (Å²) in [6, 6.07) is 6.59. The van der Waals surface area contributed by atoms with Crippen molar-refractivity contribution in [3.8, 4) is 0 Å². The van der Waals surface area contributed by atoms with E-state index >= 15 is 0 Å². The highest BCUT2D eigenvalue weighted by atomic mass is 127. The van der Waals surface area contributed by atoms with E-state index in [0.29, 0.717) is 23.3 Å². The lowest BCUT2D eigenvalue weighted by Gasteiger charge is -2.11. The van der Waals surface area contributed by atoms with Crippen LogP contribution in [-0.4, -0.2) is 38.7 Å². The maximum Gasteiger partial charge on any atom is 0.214 e. The van der Waals surface area contributed by atoms with Gasteiger partial charge in [0.1, 0.15) is 5.76 Å². The summed E-state index contributed by atoms with van der Waals surface area (Å²) in [7, 11) is -1.73. The summed E-state index contributed by atoms with van der Waals surface area (Å²) in [4.78, 5) is 8.63. The Labute approximate surface area is 179 Å². The van der Waals surface area contributed by atoms with Gasteiger partial charge in [-0.3, -0.25) is 4.99 Å². The van der Waals surface area contributed by atoms with Crippen molar-refractivity contribution in [3.05, 3.63) is 46.1 Å². The fraction of sp³-hybridized carbons (Fsp3) is 0.375. The summed E-state index contributed by atoms with van der Waals surface area (Å²) in [6.45, 7) is 4.34. The van der Waals surface area contributed by atoms with Crippen LogP contribution in [0.1, 0.15) is 17.3 Å². The standard InChI is InChI=1S/C16H21BrN4O3S.HI/c1-11-12(2)24-15(21-11)10-20-16(18-3)19-8-9-25(22,23)14-6-4-13(17)5-7-14;/h4-7H,8-10H2,1-3H3,(H2,18,19,20);1H. The second-order valence-corrected chi connectivity index (χ2v) is 8.40. The maximum atomic E-state index is 12.3. The van der Waals surface area contributed by atoms with Crippen LogP contribution < -0.4 is 10.6 Å². The first-order valence-electron chi connectivity index (χ1n) is 7.67. The molecule has 0 saturated heterocycles. The van der Waals surface area contributed by atoms with Gasteiger partial charge in [0.15, 0.2) is 15.8 Å². The largest absolute Gasteiger partial charge is 0.444 e. The molecule has 2 rings (SSSR count). The number of aryl methyl sites for hydroxylation is 2. The number of benzene rings is 1. The molecular weight excluding hydrogens is 535 g/mol. The molecule has 0 bridgehead atoms. The first kappa shape index (κ1) is 22.9. The second-order valence-electron chi connectivity index (χ2n) is 5.37. The van der Waals surface area contributed by atoms with Gasteiger partial charge < -0.3 is 15.1 Å². The van der Waals surface area contributed by atoms with Crippen molar-refractivity contribution in [3.63, 3.8) is 0 Å². The minimum absolute atomic E-state index is 0. The maximum absolute atomic E-state index is 12.3. The van der Waals surface area contributed by atoms with Gasteiger partial charge in [-0.25, -0.2) is 13.4 Å². The number of aliphatic imine (C=N–C) groups is 1. The van der Waals surface area contributed by atoms with E-state index in [4.69, 9.17) is 4.42 Å². The second kappa shape index (κ2) is 10.3. The van der Waals surface area contributed by atoms with Crippen LogP contribution in [0.5, 0.6) is 0 Å². The highest BCUT2D eigenvalue weighted by Gasteiger charge is 2.14. The van der Waals surface area contributed by atoms with Gasteiger partial charge in [-0.1, -0.05) is 15.9 Å². The van der Waals surface area contributed by atoms with Crippen LogP contribution in [0, 0.1) is 13.8 Å². The van der Waals surface area contributed by atoms with Gasteiger partial charge in [0.05, 0.1) is 22.9 Å². The predicted octanol–water partition coefficient (Wildman–Crippen LogP) is 2.81. The molecule has 1 aromatic heterocycles. The number of hydrogen-bond acceptors (Lipinski definition) is 5. The van der Waals surface area contributed by atoms with Crippen LogP contribution in [0.3, 0.4) is 0 Å². The summed E-state index contributed by atoms with van der Waals surface area (Å²) in [5.74, 6) is 1.78. The predicted molar refractivity (Wildman–Crippen MR) is 116 cm³/mol. The third-order valence-electron chi connectivity index (χ3n) is 3.54. The van der Waals surface area contributed by atoms with E-state index in [1.165, 1.54) is 0 Å². The summed E-state index contributed by atoms with van der Waals surface area (Å²) >= 11 is 3.29. The fourth-order valence-electron chi connectivity index (χ4n) is 2.06. The average molecular weight is 557 g/mol. The Hall–Kier alpha value is -1.14. The van der Waals surface area contributed by atoms with Gasteiger partial charge in [-0.05, 0) is 38.1 Å². The number of rotatable bonds is 6. The van der Waals surface area contributed by atoms with Gasteiger partial charge in [-0.2, -0.15) is 0 Å². The first-order chi connectivity index (χ1) is 11.8. The Morgan fingerprint density at radius 3 is 2.42 bits per heavy atom. The van der Waals surface area contributed by atoms with E-state index in [1.807, 2.05) is 13.8 Å². The number of hydrogen-bond donors (Lipinski definition) is 2. The molecule has 1 heterocycles. The van der Waals surface area contributed by atoms with Crippen LogP contribution >= 0.6 is 39.9 Å². The smallest absolute Gasteiger partial charge is 0.214 e. The highest BCUT2D eigenvalue weighted by molar-refractivity contribution is 14.0. The Morgan fingerprint density at radius 1 is 1.23 bits per heavy atom. The van der Waals surface area contributed by atoms with Crippen LogP contribution in [-0.2, 0) is 16.4 Å². The zero-order chi connectivity index (χ0) is 18.4. The molecule has 1 aromatic carbocycles. The highest BCUT2D eigenvalue weighted by Crippen LogP contribution is 2.15. The van der Waals surface area contributed by atoms with Crippen molar-refractivity contribution < 1.29 is 12.8 Å². The van der Waals surface area contributed by atoms with Crippen molar-refractivity contribution in [2.75, 3.05) is 19.3 Å². The quantitative estimate of drug-likeness (QED) is 0.323. The lowest BCUT2D eigenvalue weighted by molar-refractivity contribution is 0.464. The summed E-state index contributed by atoms with van der Waals surface area (Å²) in [5.41, 5.74) is 0.848. The number of guanidine groups is 1. The molecule has 7 nitrogen and oxygen atoms in total. The molecule has 0 fully saturated rings. The van der Waals surface area contributed by atoms with E-state index in [-0.39, 0.29) is 36.3 Å². The SMILES string of the molecule is CN=C(NCCS(=O)(=O)c1ccc(Br)cc1)NCc1nc(C)c(C)o1.I. The molecule has 0 aliphatic heterocycles. The van der Waals surface area contributed by atoms with Crippen molar-refractivity contribution >= 4 is 55.7 Å². The summed E-state index contributed by atoms with van der Waals surface area (Å²) in [6.07, 6.45) is 0. The number of nitrogens with zero attached hydrogens (tertiary/aromatic N) is 2. The Balaban J connectivity index is 0.00000338. The topological polar surface area (TPSA) is 96.6 Å². The molecule has 0 spiro atoms.